The van der Waals surface area contributed by atoms with Crippen LogP contribution in [0, 0.1) is 17.8 Å². The van der Waals surface area contributed by atoms with Gasteiger partial charge in [-0.05, 0) is 6.42 Å². The fourth-order valence-corrected chi connectivity index (χ4v) is 5.57. The molecule has 42 heavy (non-hydrogen) atoms. The normalized spacial score (nSPS) is 33.5. The third kappa shape index (κ3) is 7.76. The third-order valence-corrected chi connectivity index (χ3v) is 7.14. The minimum Gasteiger partial charge on any atom is -0.472 e. The van der Waals surface area contributed by atoms with Crippen molar-refractivity contribution in [2.24, 2.45) is 17.8 Å². The number of carbonyl (C=O) groups is 6. The highest BCUT2D eigenvalue weighted by molar-refractivity contribution is 5.89. The van der Waals surface area contributed by atoms with E-state index in [9.17, 15) is 28.8 Å². The number of fused-ring (bicyclic) bond motifs is 1. The van der Waals surface area contributed by atoms with Gasteiger partial charge < -0.3 is 42.6 Å². The lowest BCUT2D eigenvalue weighted by molar-refractivity contribution is -0.345. The molecule has 0 amide bonds. The highest BCUT2D eigenvalue weighted by atomic mass is 16.8. The molecule has 1 saturated carbocycles. The van der Waals surface area contributed by atoms with Crippen LogP contribution in [0.15, 0.2) is 11.8 Å². The Hall–Kier alpha value is -3.72. The summed E-state index contributed by atoms with van der Waals surface area (Å²) in [5.74, 6) is -5.66. The van der Waals surface area contributed by atoms with Gasteiger partial charge in [0.2, 0.25) is 12.6 Å². The third-order valence-electron chi connectivity index (χ3n) is 7.14. The molecule has 0 aromatic heterocycles. The van der Waals surface area contributed by atoms with Gasteiger partial charge in [-0.1, -0.05) is 6.92 Å². The number of carbonyl (C=O) groups excluding carboxylic acids is 6. The van der Waals surface area contributed by atoms with Gasteiger partial charge >= 0.3 is 35.8 Å². The Kier molecular flexibility index (Phi) is 10.9. The maximum absolute atomic E-state index is 12.5. The molecule has 0 radical (unpaired) electrons. The Labute approximate surface area is 242 Å². The first-order chi connectivity index (χ1) is 19.7. The van der Waals surface area contributed by atoms with Crippen LogP contribution in [0.5, 0.6) is 0 Å². The number of rotatable bonds is 9. The molecule has 0 bridgehead atoms. The second kappa shape index (κ2) is 14.0. The Balaban J connectivity index is 2.01. The summed E-state index contributed by atoms with van der Waals surface area (Å²) < 4.78 is 49.8. The number of methoxy groups -OCH3 is 1. The average Bonchev–Trinajstić information content (AvgIpc) is 3.20. The lowest BCUT2D eigenvalue weighted by Crippen LogP contribution is -2.63. The van der Waals surface area contributed by atoms with Crippen LogP contribution in [0.2, 0.25) is 0 Å². The average molecular weight is 601 g/mol. The molecule has 3 aliphatic rings. The maximum atomic E-state index is 12.5. The van der Waals surface area contributed by atoms with Crippen molar-refractivity contribution >= 4 is 35.8 Å². The maximum Gasteiger partial charge on any atom is 0.337 e. The highest BCUT2D eigenvalue weighted by Crippen LogP contribution is 2.49. The van der Waals surface area contributed by atoms with Crippen LogP contribution in [-0.2, 0) is 71.4 Å². The van der Waals surface area contributed by atoms with Crippen LogP contribution in [0.1, 0.15) is 48.0 Å². The zero-order chi connectivity index (χ0) is 31.3. The van der Waals surface area contributed by atoms with E-state index in [4.69, 9.17) is 42.6 Å². The second-order valence-electron chi connectivity index (χ2n) is 10.2. The van der Waals surface area contributed by atoms with Gasteiger partial charge in [-0.15, -0.1) is 0 Å². The van der Waals surface area contributed by atoms with Gasteiger partial charge in [0.05, 0.1) is 18.9 Å². The monoisotopic (exact) mass is 600 g/mol. The molecule has 0 spiro atoms. The predicted octanol–water partition coefficient (Wildman–Crippen LogP) is 0.703. The summed E-state index contributed by atoms with van der Waals surface area (Å²) in [7, 11) is 1.22. The number of hydrogen-bond acceptors (Lipinski definition) is 15. The molecule has 0 N–H and O–H groups in total. The van der Waals surface area contributed by atoms with E-state index in [1.807, 2.05) is 0 Å². The quantitative estimate of drug-likeness (QED) is 0.266. The van der Waals surface area contributed by atoms with E-state index in [0.717, 1.165) is 27.7 Å². The van der Waals surface area contributed by atoms with Crippen LogP contribution in [0.25, 0.3) is 0 Å². The van der Waals surface area contributed by atoms with E-state index in [0.29, 0.717) is 0 Å². The first-order valence-electron chi connectivity index (χ1n) is 13.3. The molecule has 3 rings (SSSR count). The van der Waals surface area contributed by atoms with Crippen molar-refractivity contribution in [3.63, 3.8) is 0 Å². The van der Waals surface area contributed by atoms with Crippen LogP contribution in [0.3, 0.4) is 0 Å². The zero-order valence-corrected chi connectivity index (χ0v) is 24.4. The fourth-order valence-electron chi connectivity index (χ4n) is 5.57. The van der Waals surface area contributed by atoms with E-state index < -0.39 is 97.4 Å². The number of hydrogen-bond donors (Lipinski definition) is 0. The van der Waals surface area contributed by atoms with Crippen LogP contribution in [-0.4, -0.2) is 92.6 Å². The van der Waals surface area contributed by atoms with E-state index >= 15 is 0 Å². The molecule has 1 aliphatic carbocycles. The Morgan fingerprint density at radius 2 is 1.36 bits per heavy atom. The van der Waals surface area contributed by atoms with E-state index in [2.05, 4.69) is 0 Å². The lowest BCUT2D eigenvalue weighted by atomic mass is 9.83. The Bertz CT molecular complexity index is 1100. The molecule has 0 aromatic rings. The summed E-state index contributed by atoms with van der Waals surface area (Å²) in [6, 6.07) is 0. The molecule has 2 heterocycles. The minimum atomic E-state index is -1.51. The SMILES string of the molecule is COC(=O)C1=CO[C@@H](O[C@@H]2O[C@H](COC(C)=O)[C@@H](OC(C)=O)[C@H](OC(C)=O)[C@H]2OC(C)=O)[C@@H]2[C@H](C)[C@@H](OC(C)=O)C[C@@H]12. The van der Waals surface area contributed by atoms with Crippen molar-refractivity contribution in [3.05, 3.63) is 11.8 Å². The van der Waals surface area contributed by atoms with Crippen molar-refractivity contribution in [1.82, 2.24) is 0 Å². The largest absolute Gasteiger partial charge is 0.472 e. The van der Waals surface area contributed by atoms with Crippen LogP contribution in [0.4, 0.5) is 0 Å². The summed E-state index contributed by atoms with van der Waals surface area (Å²) >= 11 is 0. The molecular weight excluding hydrogens is 564 g/mol. The van der Waals surface area contributed by atoms with Crippen molar-refractivity contribution in [3.8, 4) is 0 Å². The summed E-state index contributed by atoms with van der Waals surface area (Å²) in [5.41, 5.74) is 0.213. The predicted molar refractivity (Wildman–Crippen MR) is 134 cm³/mol. The molecular formula is C27H36O15. The second-order valence-corrected chi connectivity index (χ2v) is 10.2. The van der Waals surface area contributed by atoms with Gasteiger partial charge in [-0.2, -0.15) is 0 Å². The molecule has 10 atom stereocenters. The van der Waals surface area contributed by atoms with Crippen molar-refractivity contribution in [2.75, 3.05) is 13.7 Å². The fraction of sp³-hybridized carbons (Fsp3) is 0.704. The molecule has 1 saturated heterocycles. The standard InChI is InChI=1S/C27H36O15/c1-11-19(37-13(3)29)8-17-18(25(33)34-7)9-36-26(21(11)17)42-27-24(40-16(6)32)23(39-15(5)31)22(38-14(4)30)20(41-27)10-35-12(2)28/h9,11,17,19-24,26-27H,8,10H2,1-7H3/t11-,17+,19+,20-,21-,22-,23+,24-,26+,27+/m1/s1. The lowest BCUT2D eigenvalue weighted by Gasteiger charge is -2.46. The summed E-state index contributed by atoms with van der Waals surface area (Å²) in [6.07, 6.45) is -7.30. The molecule has 234 valence electrons. The first-order valence-corrected chi connectivity index (χ1v) is 13.3. The highest BCUT2D eigenvalue weighted by Gasteiger charge is 2.57. The summed E-state index contributed by atoms with van der Waals surface area (Å²) in [4.78, 5) is 72.1. The van der Waals surface area contributed by atoms with E-state index in [-0.39, 0.29) is 17.9 Å². The molecule has 15 heteroatoms. The smallest absolute Gasteiger partial charge is 0.337 e. The van der Waals surface area contributed by atoms with Crippen molar-refractivity contribution in [1.29, 1.82) is 0 Å². The van der Waals surface area contributed by atoms with Gasteiger partial charge in [0.25, 0.3) is 0 Å². The summed E-state index contributed by atoms with van der Waals surface area (Å²) in [5, 5.41) is 0. The van der Waals surface area contributed by atoms with Gasteiger partial charge in [0.15, 0.2) is 18.3 Å². The van der Waals surface area contributed by atoms with Gasteiger partial charge in [0.1, 0.15) is 18.8 Å². The first kappa shape index (κ1) is 32.8. The number of ether oxygens (including phenoxy) is 9. The molecule has 0 aromatic carbocycles. The van der Waals surface area contributed by atoms with Crippen LogP contribution < -0.4 is 0 Å². The molecule has 15 nitrogen and oxygen atoms in total. The molecule has 0 unspecified atom stereocenters. The zero-order valence-electron chi connectivity index (χ0n) is 24.4. The van der Waals surface area contributed by atoms with Gasteiger partial charge in [0, 0.05) is 52.4 Å². The molecule has 2 fully saturated rings. The molecule has 2 aliphatic heterocycles. The van der Waals surface area contributed by atoms with Crippen molar-refractivity contribution in [2.45, 2.75) is 91.1 Å². The van der Waals surface area contributed by atoms with E-state index in [1.165, 1.54) is 20.3 Å². The Morgan fingerprint density at radius 3 is 1.90 bits per heavy atom. The van der Waals surface area contributed by atoms with Gasteiger partial charge in [-0.3, -0.25) is 24.0 Å². The minimum absolute atomic E-state index is 0.213. The number of esters is 6. The topological polar surface area (TPSA) is 185 Å². The van der Waals surface area contributed by atoms with Crippen LogP contribution >= 0.6 is 0 Å². The van der Waals surface area contributed by atoms with E-state index in [1.54, 1.807) is 6.92 Å². The van der Waals surface area contributed by atoms with Gasteiger partial charge in [-0.25, -0.2) is 4.79 Å². The van der Waals surface area contributed by atoms with Crippen molar-refractivity contribution < 1.29 is 71.4 Å². The summed E-state index contributed by atoms with van der Waals surface area (Å²) in [6.45, 7) is 7.11. The Morgan fingerprint density at radius 1 is 0.786 bits per heavy atom.